The number of benzene rings is 1. The fourth-order valence-electron chi connectivity index (χ4n) is 2.00. The number of nitrogens with two attached hydrogens (primary N) is 1. The van der Waals surface area contributed by atoms with Gasteiger partial charge in [0.05, 0.1) is 13.7 Å². The summed E-state index contributed by atoms with van der Waals surface area (Å²) >= 11 is 0. The zero-order valence-electron chi connectivity index (χ0n) is 10.3. The van der Waals surface area contributed by atoms with Gasteiger partial charge in [-0.15, -0.1) is 0 Å². The van der Waals surface area contributed by atoms with Gasteiger partial charge in [0, 0.05) is 6.42 Å². The van der Waals surface area contributed by atoms with Crippen molar-refractivity contribution in [3.8, 4) is 5.75 Å². The molecule has 1 aromatic rings. The molecule has 1 aliphatic heterocycles. The first kappa shape index (κ1) is 12.4. The summed E-state index contributed by atoms with van der Waals surface area (Å²) in [6, 6.07) is 7.86. The third kappa shape index (κ3) is 2.77. The van der Waals surface area contributed by atoms with Gasteiger partial charge in [-0.3, -0.25) is 0 Å². The molecule has 94 valence electrons. The Balaban J connectivity index is 2.04. The van der Waals surface area contributed by atoms with Crippen molar-refractivity contribution in [2.45, 2.75) is 25.2 Å². The number of hydrogen-bond acceptors (Lipinski definition) is 4. The Hall–Kier alpha value is -1.10. The zero-order chi connectivity index (χ0) is 12.3. The van der Waals surface area contributed by atoms with E-state index in [0.29, 0.717) is 19.6 Å². The van der Waals surface area contributed by atoms with E-state index in [9.17, 15) is 0 Å². The largest absolute Gasteiger partial charge is 0.497 e. The van der Waals surface area contributed by atoms with Gasteiger partial charge in [0.2, 0.25) is 0 Å². The molecule has 0 aromatic heterocycles. The molecule has 0 saturated carbocycles. The molecule has 0 aliphatic carbocycles. The molecular formula is C13H19NO3. The van der Waals surface area contributed by atoms with Gasteiger partial charge < -0.3 is 19.9 Å². The van der Waals surface area contributed by atoms with E-state index >= 15 is 0 Å². The lowest BCUT2D eigenvalue weighted by Gasteiger charge is -2.22. The molecule has 0 amide bonds. The molecule has 1 fully saturated rings. The molecule has 2 rings (SSSR count). The second kappa shape index (κ2) is 5.04. The van der Waals surface area contributed by atoms with Gasteiger partial charge in [-0.25, -0.2) is 0 Å². The van der Waals surface area contributed by atoms with E-state index in [-0.39, 0.29) is 6.10 Å². The van der Waals surface area contributed by atoms with Crippen LogP contribution < -0.4 is 10.5 Å². The highest BCUT2D eigenvalue weighted by Crippen LogP contribution is 2.35. The first-order valence-corrected chi connectivity index (χ1v) is 5.83. The first-order chi connectivity index (χ1) is 8.17. The Morgan fingerprint density at radius 1 is 1.41 bits per heavy atom. The quantitative estimate of drug-likeness (QED) is 0.868. The normalized spacial score (nSPS) is 28.3. The van der Waals surface area contributed by atoms with Crippen molar-refractivity contribution in [3.63, 3.8) is 0 Å². The summed E-state index contributed by atoms with van der Waals surface area (Å²) < 4.78 is 16.7. The van der Waals surface area contributed by atoms with Crippen LogP contribution in [0.3, 0.4) is 0 Å². The van der Waals surface area contributed by atoms with Crippen LogP contribution in [0.1, 0.15) is 25.0 Å². The number of ether oxygens (including phenoxy) is 3. The van der Waals surface area contributed by atoms with Crippen LogP contribution in [-0.2, 0) is 9.47 Å². The maximum absolute atomic E-state index is 5.91. The zero-order valence-corrected chi connectivity index (χ0v) is 10.3. The SMILES string of the molecule is COc1ccc(C2COC(C)(CCN)O2)cc1. The molecule has 4 heteroatoms. The topological polar surface area (TPSA) is 53.7 Å². The number of hydrogen-bond donors (Lipinski definition) is 1. The van der Waals surface area contributed by atoms with Crippen molar-refractivity contribution < 1.29 is 14.2 Å². The maximum Gasteiger partial charge on any atom is 0.167 e. The second-order valence-corrected chi connectivity index (χ2v) is 4.36. The minimum Gasteiger partial charge on any atom is -0.497 e. The van der Waals surface area contributed by atoms with Gasteiger partial charge in [-0.05, 0) is 31.2 Å². The van der Waals surface area contributed by atoms with Crippen molar-refractivity contribution in [3.05, 3.63) is 29.8 Å². The molecule has 1 heterocycles. The maximum atomic E-state index is 5.91. The van der Waals surface area contributed by atoms with Gasteiger partial charge >= 0.3 is 0 Å². The number of methoxy groups -OCH3 is 1. The fourth-order valence-corrected chi connectivity index (χ4v) is 2.00. The van der Waals surface area contributed by atoms with Gasteiger partial charge in [-0.2, -0.15) is 0 Å². The summed E-state index contributed by atoms with van der Waals surface area (Å²) in [5, 5.41) is 0. The van der Waals surface area contributed by atoms with E-state index in [4.69, 9.17) is 19.9 Å². The minimum atomic E-state index is -0.542. The van der Waals surface area contributed by atoms with Gasteiger partial charge in [0.25, 0.3) is 0 Å². The summed E-state index contributed by atoms with van der Waals surface area (Å²) in [6.45, 7) is 3.07. The van der Waals surface area contributed by atoms with E-state index in [1.807, 2.05) is 31.2 Å². The molecule has 2 N–H and O–H groups in total. The van der Waals surface area contributed by atoms with Gasteiger partial charge in [0.1, 0.15) is 11.9 Å². The molecule has 17 heavy (non-hydrogen) atoms. The van der Waals surface area contributed by atoms with Crippen LogP contribution in [0.4, 0.5) is 0 Å². The molecule has 2 unspecified atom stereocenters. The van der Waals surface area contributed by atoms with Crippen LogP contribution in [0.2, 0.25) is 0 Å². The highest BCUT2D eigenvalue weighted by atomic mass is 16.7. The average Bonchev–Trinajstić information content (AvgIpc) is 2.72. The Labute approximate surface area is 102 Å². The lowest BCUT2D eigenvalue weighted by Crippen LogP contribution is -2.28. The molecule has 0 spiro atoms. The lowest BCUT2D eigenvalue weighted by molar-refractivity contribution is -0.157. The Morgan fingerprint density at radius 3 is 2.71 bits per heavy atom. The first-order valence-electron chi connectivity index (χ1n) is 5.83. The minimum absolute atomic E-state index is 0.0162. The van der Waals surface area contributed by atoms with Gasteiger partial charge in [-0.1, -0.05) is 12.1 Å². The van der Waals surface area contributed by atoms with Crippen molar-refractivity contribution >= 4 is 0 Å². The molecule has 2 atom stereocenters. The fraction of sp³-hybridized carbons (Fsp3) is 0.538. The summed E-state index contributed by atoms with van der Waals surface area (Å²) in [5.74, 6) is 0.302. The van der Waals surface area contributed by atoms with Crippen LogP contribution in [0.5, 0.6) is 5.75 Å². The van der Waals surface area contributed by atoms with Gasteiger partial charge in [0.15, 0.2) is 5.79 Å². The van der Waals surface area contributed by atoms with E-state index < -0.39 is 5.79 Å². The summed E-state index contributed by atoms with van der Waals surface area (Å²) in [4.78, 5) is 0. The van der Waals surface area contributed by atoms with Crippen LogP contribution in [0.15, 0.2) is 24.3 Å². The van der Waals surface area contributed by atoms with Crippen molar-refractivity contribution in [1.29, 1.82) is 0 Å². The molecule has 1 aliphatic rings. The monoisotopic (exact) mass is 237 g/mol. The Morgan fingerprint density at radius 2 is 2.12 bits per heavy atom. The van der Waals surface area contributed by atoms with E-state index in [2.05, 4.69) is 0 Å². The van der Waals surface area contributed by atoms with Crippen molar-refractivity contribution in [2.24, 2.45) is 5.73 Å². The van der Waals surface area contributed by atoms with Crippen molar-refractivity contribution in [2.75, 3.05) is 20.3 Å². The molecule has 1 saturated heterocycles. The average molecular weight is 237 g/mol. The molecular weight excluding hydrogens is 218 g/mol. The van der Waals surface area contributed by atoms with Crippen LogP contribution in [0.25, 0.3) is 0 Å². The second-order valence-electron chi connectivity index (χ2n) is 4.36. The summed E-state index contributed by atoms with van der Waals surface area (Å²) in [5.41, 5.74) is 6.64. The van der Waals surface area contributed by atoms with E-state index in [1.54, 1.807) is 7.11 Å². The third-order valence-electron chi connectivity index (χ3n) is 3.02. The molecule has 1 aromatic carbocycles. The summed E-state index contributed by atoms with van der Waals surface area (Å²) in [7, 11) is 1.66. The molecule has 0 radical (unpaired) electrons. The molecule has 0 bridgehead atoms. The standard InChI is InChI=1S/C13H19NO3/c1-13(7-8-14)16-9-12(17-13)10-3-5-11(15-2)6-4-10/h3-6,12H,7-9,14H2,1-2H3. The predicted octanol–water partition coefficient (Wildman–Crippen LogP) is 1.85. The van der Waals surface area contributed by atoms with Crippen LogP contribution in [-0.4, -0.2) is 26.0 Å². The Kier molecular flexibility index (Phi) is 3.66. The predicted molar refractivity (Wildman–Crippen MR) is 64.8 cm³/mol. The van der Waals surface area contributed by atoms with Crippen molar-refractivity contribution in [1.82, 2.24) is 0 Å². The third-order valence-corrected chi connectivity index (χ3v) is 3.02. The molecule has 4 nitrogen and oxygen atoms in total. The Bertz CT molecular complexity index is 365. The lowest BCUT2D eigenvalue weighted by atomic mass is 10.1. The number of rotatable bonds is 4. The highest BCUT2D eigenvalue weighted by Gasteiger charge is 2.37. The van der Waals surface area contributed by atoms with E-state index in [0.717, 1.165) is 11.3 Å². The highest BCUT2D eigenvalue weighted by molar-refractivity contribution is 5.28. The van der Waals surface area contributed by atoms with Crippen LogP contribution in [0, 0.1) is 0 Å². The smallest absolute Gasteiger partial charge is 0.167 e. The summed E-state index contributed by atoms with van der Waals surface area (Å²) in [6.07, 6.45) is 0.692. The van der Waals surface area contributed by atoms with Crippen LogP contribution >= 0.6 is 0 Å². The van der Waals surface area contributed by atoms with E-state index in [1.165, 1.54) is 0 Å².